The van der Waals surface area contributed by atoms with E-state index in [0.29, 0.717) is 19.1 Å². The first-order valence-electron chi connectivity index (χ1n) is 10.8. The molecule has 1 unspecified atom stereocenters. The molecule has 1 heterocycles. The minimum atomic E-state index is -0.253. The van der Waals surface area contributed by atoms with E-state index in [1.807, 2.05) is 30.3 Å². The number of benzene rings is 2. The number of aliphatic imine (C=N–C) groups is 1. The van der Waals surface area contributed by atoms with Gasteiger partial charge < -0.3 is 24.8 Å². The van der Waals surface area contributed by atoms with Crippen LogP contribution in [0.3, 0.4) is 0 Å². The van der Waals surface area contributed by atoms with Crippen molar-refractivity contribution in [1.29, 1.82) is 0 Å². The van der Waals surface area contributed by atoms with E-state index in [1.165, 1.54) is 12.1 Å². The third kappa shape index (κ3) is 9.70. The van der Waals surface area contributed by atoms with Gasteiger partial charge in [-0.1, -0.05) is 24.3 Å². The molecular formula is C24H33FIN3O3. The molecule has 0 spiro atoms. The average molecular weight is 557 g/mol. The van der Waals surface area contributed by atoms with Crippen molar-refractivity contribution >= 4 is 29.9 Å². The first-order chi connectivity index (χ1) is 15.2. The number of guanidine groups is 1. The Morgan fingerprint density at radius 1 is 1.16 bits per heavy atom. The van der Waals surface area contributed by atoms with Gasteiger partial charge in [0.25, 0.3) is 0 Å². The Kier molecular flexibility index (Phi) is 12.4. The molecule has 1 aliphatic heterocycles. The average Bonchev–Trinajstić information content (AvgIpc) is 3.31. The second kappa shape index (κ2) is 15.0. The molecule has 1 atom stereocenters. The minimum absolute atomic E-state index is 0. The molecule has 2 aromatic carbocycles. The lowest BCUT2D eigenvalue weighted by Gasteiger charge is -2.13. The lowest BCUT2D eigenvalue weighted by Crippen LogP contribution is -2.37. The van der Waals surface area contributed by atoms with Crippen molar-refractivity contribution in [2.45, 2.75) is 26.0 Å². The fourth-order valence-electron chi connectivity index (χ4n) is 3.25. The summed E-state index contributed by atoms with van der Waals surface area (Å²) in [4.78, 5) is 4.25. The second-order valence-electron chi connectivity index (χ2n) is 7.57. The van der Waals surface area contributed by atoms with Gasteiger partial charge in [0.2, 0.25) is 0 Å². The van der Waals surface area contributed by atoms with Gasteiger partial charge in [0.15, 0.2) is 5.96 Å². The number of hydrogen-bond donors (Lipinski definition) is 2. The zero-order valence-corrected chi connectivity index (χ0v) is 20.8. The van der Waals surface area contributed by atoms with Crippen molar-refractivity contribution < 1.29 is 18.6 Å². The molecule has 1 fully saturated rings. The van der Waals surface area contributed by atoms with Crippen LogP contribution in [0.2, 0.25) is 0 Å². The van der Waals surface area contributed by atoms with Gasteiger partial charge in [-0.25, -0.2) is 4.39 Å². The summed E-state index contributed by atoms with van der Waals surface area (Å²) in [5.74, 6) is 1.81. The van der Waals surface area contributed by atoms with Crippen LogP contribution in [0, 0.1) is 11.7 Å². The largest absolute Gasteiger partial charge is 0.489 e. The van der Waals surface area contributed by atoms with Gasteiger partial charge in [-0.2, -0.15) is 0 Å². The van der Waals surface area contributed by atoms with E-state index in [1.54, 1.807) is 13.1 Å². The van der Waals surface area contributed by atoms with Crippen LogP contribution in [0.5, 0.6) is 5.75 Å². The highest BCUT2D eigenvalue weighted by molar-refractivity contribution is 14.0. The van der Waals surface area contributed by atoms with Gasteiger partial charge in [-0.15, -0.1) is 24.0 Å². The van der Waals surface area contributed by atoms with Gasteiger partial charge >= 0.3 is 0 Å². The number of nitrogens with zero attached hydrogens (tertiary/aromatic N) is 1. The second-order valence-corrected chi connectivity index (χ2v) is 7.57. The Labute approximate surface area is 207 Å². The van der Waals surface area contributed by atoms with E-state index in [-0.39, 0.29) is 29.8 Å². The normalized spacial score (nSPS) is 15.8. The quantitative estimate of drug-likeness (QED) is 0.188. The van der Waals surface area contributed by atoms with Crippen molar-refractivity contribution in [1.82, 2.24) is 10.6 Å². The predicted molar refractivity (Wildman–Crippen MR) is 135 cm³/mol. The van der Waals surface area contributed by atoms with Gasteiger partial charge in [0.1, 0.15) is 18.2 Å². The predicted octanol–water partition coefficient (Wildman–Crippen LogP) is 4.13. The Morgan fingerprint density at radius 3 is 2.72 bits per heavy atom. The highest BCUT2D eigenvalue weighted by atomic mass is 127. The van der Waals surface area contributed by atoms with Crippen LogP contribution >= 0.6 is 24.0 Å². The van der Waals surface area contributed by atoms with Crippen LogP contribution in [0.15, 0.2) is 53.5 Å². The van der Waals surface area contributed by atoms with Gasteiger partial charge in [0, 0.05) is 39.3 Å². The summed E-state index contributed by atoms with van der Waals surface area (Å²) in [5.41, 5.74) is 1.92. The smallest absolute Gasteiger partial charge is 0.191 e. The van der Waals surface area contributed by atoms with Crippen molar-refractivity contribution in [2.75, 3.05) is 40.0 Å². The summed E-state index contributed by atoms with van der Waals surface area (Å²) >= 11 is 0. The monoisotopic (exact) mass is 557 g/mol. The number of rotatable bonds is 11. The summed E-state index contributed by atoms with van der Waals surface area (Å²) < 4.78 is 30.0. The van der Waals surface area contributed by atoms with E-state index >= 15 is 0 Å². The van der Waals surface area contributed by atoms with E-state index in [9.17, 15) is 4.39 Å². The first-order valence-corrected chi connectivity index (χ1v) is 10.8. The van der Waals surface area contributed by atoms with Crippen molar-refractivity contribution in [3.05, 3.63) is 65.5 Å². The topological polar surface area (TPSA) is 64.1 Å². The summed E-state index contributed by atoms with van der Waals surface area (Å²) in [6, 6.07) is 14.3. The third-order valence-electron chi connectivity index (χ3n) is 5.04. The van der Waals surface area contributed by atoms with Crippen molar-refractivity contribution in [3.8, 4) is 5.75 Å². The molecule has 0 aromatic heterocycles. The van der Waals surface area contributed by atoms with Crippen LogP contribution in [0.25, 0.3) is 0 Å². The first kappa shape index (κ1) is 26.3. The number of hydrogen-bond acceptors (Lipinski definition) is 4. The molecule has 0 saturated carbocycles. The van der Waals surface area contributed by atoms with Gasteiger partial charge in [-0.3, -0.25) is 4.99 Å². The highest BCUT2D eigenvalue weighted by Crippen LogP contribution is 2.15. The van der Waals surface area contributed by atoms with Crippen LogP contribution in [-0.4, -0.2) is 46.0 Å². The van der Waals surface area contributed by atoms with Crippen LogP contribution in [-0.2, 0) is 22.6 Å². The Balaban J connectivity index is 0.00000363. The SMILES string of the molecule is CN=C(NCCCOCC1CCOC1)NCc1ccc(OCc2cccc(F)c2)cc1.I. The molecule has 6 nitrogen and oxygen atoms in total. The summed E-state index contributed by atoms with van der Waals surface area (Å²) in [6.07, 6.45) is 2.03. The molecule has 32 heavy (non-hydrogen) atoms. The fourth-order valence-corrected chi connectivity index (χ4v) is 3.25. The fraction of sp³-hybridized carbons (Fsp3) is 0.458. The van der Waals surface area contributed by atoms with Crippen LogP contribution in [0.4, 0.5) is 4.39 Å². The van der Waals surface area contributed by atoms with Crippen molar-refractivity contribution in [3.63, 3.8) is 0 Å². The molecule has 1 aliphatic rings. The van der Waals surface area contributed by atoms with E-state index in [0.717, 1.165) is 68.6 Å². The zero-order valence-electron chi connectivity index (χ0n) is 18.5. The van der Waals surface area contributed by atoms with Crippen LogP contribution < -0.4 is 15.4 Å². The number of halogens is 2. The zero-order chi connectivity index (χ0) is 21.7. The molecule has 3 rings (SSSR count). The molecule has 0 amide bonds. The lowest BCUT2D eigenvalue weighted by molar-refractivity contribution is 0.0888. The maximum Gasteiger partial charge on any atom is 0.191 e. The maximum absolute atomic E-state index is 13.2. The summed E-state index contributed by atoms with van der Waals surface area (Å²) in [7, 11) is 1.76. The number of nitrogens with one attached hydrogen (secondary N) is 2. The molecule has 0 bridgehead atoms. The Morgan fingerprint density at radius 2 is 2.00 bits per heavy atom. The minimum Gasteiger partial charge on any atom is -0.489 e. The maximum atomic E-state index is 13.2. The molecule has 176 valence electrons. The molecular weight excluding hydrogens is 524 g/mol. The third-order valence-corrected chi connectivity index (χ3v) is 5.04. The number of ether oxygens (including phenoxy) is 3. The van der Waals surface area contributed by atoms with Gasteiger partial charge in [-0.05, 0) is 48.2 Å². The van der Waals surface area contributed by atoms with Crippen LogP contribution in [0.1, 0.15) is 24.0 Å². The summed E-state index contributed by atoms with van der Waals surface area (Å²) in [5, 5.41) is 6.61. The van der Waals surface area contributed by atoms with E-state index in [2.05, 4.69) is 15.6 Å². The molecule has 8 heteroatoms. The lowest BCUT2D eigenvalue weighted by atomic mass is 10.1. The molecule has 2 aromatic rings. The molecule has 0 radical (unpaired) electrons. The van der Waals surface area contributed by atoms with E-state index < -0.39 is 0 Å². The standard InChI is InChI=1S/C24H32FN3O3.HI/c1-26-24(27-11-3-12-29-16-21-10-13-30-17-21)28-15-19-6-8-23(9-7-19)31-18-20-4-2-5-22(25)14-20;/h2,4-9,14,21H,3,10-13,15-18H2,1H3,(H2,26,27,28);1H. The Bertz CT molecular complexity index is 814. The molecule has 1 saturated heterocycles. The molecule has 0 aliphatic carbocycles. The molecule has 2 N–H and O–H groups in total. The highest BCUT2D eigenvalue weighted by Gasteiger charge is 2.15. The Hall–Kier alpha value is -1.91. The summed E-state index contributed by atoms with van der Waals surface area (Å²) in [6.45, 7) is 5.00. The van der Waals surface area contributed by atoms with Gasteiger partial charge in [0.05, 0.1) is 13.2 Å². The van der Waals surface area contributed by atoms with Crippen molar-refractivity contribution in [2.24, 2.45) is 10.9 Å². The van der Waals surface area contributed by atoms with E-state index in [4.69, 9.17) is 14.2 Å².